The third-order valence-corrected chi connectivity index (χ3v) is 5.37. The van der Waals surface area contributed by atoms with Crippen molar-refractivity contribution < 1.29 is 9.53 Å². The van der Waals surface area contributed by atoms with E-state index in [2.05, 4.69) is 34.5 Å². The Morgan fingerprint density at radius 3 is 2.69 bits per heavy atom. The molecular weight excluding hydrogens is 326 g/mol. The lowest BCUT2D eigenvalue weighted by molar-refractivity contribution is -0.0326. The summed E-state index contributed by atoms with van der Waals surface area (Å²) < 4.78 is 6.27. The number of likely N-dealkylation sites (tertiary alicyclic amines) is 1. The molecule has 1 aromatic heterocycles. The summed E-state index contributed by atoms with van der Waals surface area (Å²) in [6, 6.07) is 12.2. The molecule has 0 unspecified atom stereocenters. The van der Waals surface area contributed by atoms with Gasteiger partial charge in [0.15, 0.2) is 0 Å². The average molecular weight is 351 g/mol. The molecule has 1 saturated carbocycles. The first kappa shape index (κ1) is 17.2. The molecule has 1 aromatic carbocycles. The summed E-state index contributed by atoms with van der Waals surface area (Å²) in [5, 5.41) is 7.60. The number of carbonyl (C=O) groups is 1. The molecule has 2 aromatic rings. The summed E-state index contributed by atoms with van der Waals surface area (Å²) in [5.74, 6) is 1.12. The molecule has 136 valence electrons. The van der Waals surface area contributed by atoms with Crippen LogP contribution in [0.3, 0.4) is 0 Å². The van der Waals surface area contributed by atoms with Crippen LogP contribution in [0.2, 0.25) is 0 Å². The van der Waals surface area contributed by atoms with Gasteiger partial charge >= 0.3 is 0 Å². The van der Waals surface area contributed by atoms with Crippen LogP contribution >= 0.6 is 0 Å². The Kier molecular flexibility index (Phi) is 5.25. The first-order chi connectivity index (χ1) is 12.8. The van der Waals surface area contributed by atoms with Crippen LogP contribution in [0, 0.1) is 11.8 Å². The van der Waals surface area contributed by atoms with E-state index < -0.39 is 0 Å². The Balaban J connectivity index is 1.45. The summed E-state index contributed by atoms with van der Waals surface area (Å²) in [4.78, 5) is 14.7. The minimum Gasteiger partial charge on any atom is -0.377 e. The van der Waals surface area contributed by atoms with E-state index in [9.17, 15) is 4.79 Å². The SMILES string of the molecule is O=C(c1ccnnc1)N1CC[C@@H](OCC2CC2)[C@@H](Cc2ccccc2)C1. The molecule has 0 spiro atoms. The predicted molar refractivity (Wildman–Crippen MR) is 98.7 cm³/mol. The molecule has 0 bridgehead atoms. The Labute approximate surface area is 154 Å². The number of aromatic nitrogens is 2. The van der Waals surface area contributed by atoms with Crippen LogP contribution in [0.1, 0.15) is 35.2 Å². The summed E-state index contributed by atoms with van der Waals surface area (Å²) in [7, 11) is 0. The minimum atomic E-state index is 0.0404. The van der Waals surface area contributed by atoms with E-state index in [1.807, 2.05) is 11.0 Å². The normalized spacial score (nSPS) is 23.0. The average Bonchev–Trinajstić information content (AvgIpc) is 3.52. The van der Waals surface area contributed by atoms with E-state index in [0.717, 1.165) is 38.5 Å². The monoisotopic (exact) mass is 351 g/mol. The number of amides is 1. The molecule has 2 heterocycles. The summed E-state index contributed by atoms with van der Waals surface area (Å²) in [5.41, 5.74) is 1.91. The third kappa shape index (κ3) is 4.28. The Hall–Kier alpha value is -2.27. The number of hydrogen-bond donors (Lipinski definition) is 0. The van der Waals surface area contributed by atoms with Crippen LogP contribution in [0.25, 0.3) is 0 Å². The van der Waals surface area contributed by atoms with E-state index in [-0.39, 0.29) is 12.0 Å². The van der Waals surface area contributed by atoms with Crippen LogP contribution < -0.4 is 0 Å². The van der Waals surface area contributed by atoms with Crippen molar-refractivity contribution in [2.75, 3.05) is 19.7 Å². The molecule has 5 heteroatoms. The number of carbonyl (C=O) groups excluding carboxylic acids is 1. The second kappa shape index (κ2) is 7.96. The maximum absolute atomic E-state index is 12.8. The molecule has 0 radical (unpaired) electrons. The first-order valence-corrected chi connectivity index (χ1v) is 9.51. The summed E-state index contributed by atoms with van der Waals surface area (Å²) >= 11 is 0. The molecule has 1 aliphatic heterocycles. The largest absolute Gasteiger partial charge is 0.377 e. The lowest BCUT2D eigenvalue weighted by atomic mass is 9.88. The van der Waals surface area contributed by atoms with Crippen LogP contribution in [0.4, 0.5) is 0 Å². The van der Waals surface area contributed by atoms with Gasteiger partial charge < -0.3 is 9.64 Å². The zero-order valence-corrected chi connectivity index (χ0v) is 15.0. The van der Waals surface area contributed by atoms with Crippen LogP contribution in [-0.4, -0.2) is 46.8 Å². The maximum atomic E-state index is 12.8. The lowest BCUT2D eigenvalue weighted by Crippen LogP contribution is -2.47. The van der Waals surface area contributed by atoms with E-state index in [4.69, 9.17) is 4.74 Å². The van der Waals surface area contributed by atoms with Crippen molar-refractivity contribution in [2.24, 2.45) is 11.8 Å². The highest BCUT2D eigenvalue weighted by Gasteiger charge is 2.34. The zero-order valence-electron chi connectivity index (χ0n) is 15.0. The van der Waals surface area contributed by atoms with E-state index >= 15 is 0 Å². The van der Waals surface area contributed by atoms with E-state index in [1.165, 1.54) is 18.4 Å². The van der Waals surface area contributed by atoms with Gasteiger partial charge in [0.2, 0.25) is 0 Å². The highest BCUT2D eigenvalue weighted by molar-refractivity contribution is 5.93. The standard InChI is InChI=1S/C21H25N3O2/c25-21(18-8-10-22-23-13-18)24-11-9-20(26-15-17-6-7-17)19(14-24)12-16-4-2-1-3-5-16/h1-5,8,10,13,17,19-20H,6-7,9,11-12,14-15H2/t19-,20+/m0/s1. The van der Waals surface area contributed by atoms with Gasteiger partial charge in [0.25, 0.3) is 5.91 Å². The second-order valence-corrected chi connectivity index (χ2v) is 7.44. The second-order valence-electron chi connectivity index (χ2n) is 7.44. The number of rotatable bonds is 6. The van der Waals surface area contributed by atoms with Gasteiger partial charge in [-0.2, -0.15) is 10.2 Å². The molecule has 1 aliphatic carbocycles. The minimum absolute atomic E-state index is 0.0404. The van der Waals surface area contributed by atoms with Gasteiger partial charge in [-0.1, -0.05) is 30.3 Å². The molecule has 2 atom stereocenters. The van der Waals surface area contributed by atoms with Gasteiger partial charge in [-0.05, 0) is 43.2 Å². The van der Waals surface area contributed by atoms with Crippen molar-refractivity contribution in [3.05, 3.63) is 59.9 Å². The van der Waals surface area contributed by atoms with Gasteiger partial charge in [-0.25, -0.2) is 0 Å². The first-order valence-electron chi connectivity index (χ1n) is 9.51. The fourth-order valence-corrected chi connectivity index (χ4v) is 3.67. The van der Waals surface area contributed by atoms with Crippen LogP contribution in [-0.2, 0) is 11.2 Å². The zero-order chi connectivity index (χ0) is 17.8. The highest BCUT2D eigenvalue weighted by Crippen LogP contribution is 2.32. The number of benzene rings is 1. The van der Waals surface area contributed by atoms with Crippen molar-refractivity contribution in [3.8, 4) is 0 Å². The molecule has 2 fully saturated rings. The molecule has 4 rings (SSSR count). The number of ether oxygens (including phenoxy) is 1. The topological polar surface area (TPSA) is 55.3 Å². The number of nitrogens with zero attached hydrogens (tertiary/aromatic N) is 3. The van der Waals surface area contributed by atoms with Crippen LogP contribution in [0.15, 0.2) is 48.8 Å². The van der Waals surface area contributed by atoms with E-state index in [1.54, 1.807) is 18.5 Å². The van der Waals surface area contributed by atoms with Crippen molar-refractivity contribution in [1.82, 2.24) is 15.1 Å². The quantitative estimate of drug-likeness (QED) is 0.803. The lowest BCUT2D eigenvalue weighted by Gasteiger charge is -2.38. The number of piperidine rings is 1. The fraction of sp³-hybridized carbons (Fsp3) is 0.476. The van der Waals surface area contributed by atoms with Crippen molar-refractivity contribution >= 4 is 5.91 Å². The van der Waals surface area contributed by atoms with Crippen molar-refractivity contribution in [1.29, 1.82) is 0 Å². The summed E-state index contributed by atoms with van der Waals surface area (Å²) in [6.07, 6.45) is 7.79. The Morgan fingerprint density at radius 2 is 1.96 bits per heavy atom. The maximum Gasteiger partial charge on any atom is 0.255 e. The molecule has 5 nitrogen and oxygen atoms in total. The van der Waals surface area contributed by atoms with Crippen molar-refractivity contribution in [2.45, 2.75) is 31.8 Å². The molecule has 1 amide bonds. The van der Waals surface area contributed by atoms with Gasteiger partial charge in [0, 0.05) is 25.6 Å². The smallest absolute Gasteiger partial charge is 0.255 e. The fourth-order valence-electron chi connectivity index (χ4n) is 3.67. The van der Waals surface area contributed by atoms with Crippen LogP contribution in [0.5, 0.6) is 0 Å². The number of hydrogen-bond acceptors (Lipinski definition) is 4. The molecule has 2 aliphatic rings. The predicted octanol–water partition coefficient (Wildman–Crippen LogP) is 2.98. The van der Waals surface area contributed by atoms with E-state index in [0.29, 0.717) is 11.5 Å². The van der Waals surface area contributed by atoms with Gasteiger partial charge in [-0.15, -0.1) is 0 Å². The molecule has 26 heavy (non-hydrogen) atoms. The molecule has 0 N–H and O–H groups in total. The highest BCUT2D eigenvalue weighted by atomic mass is 16.5. The molecule has 1 saturated heterocycles. The van der Waals surface area contributed by atoms with Gasteiger partial charge in [-0.3, -0.25) is 4.79 Å². The Morgan fingerprint density at radius 1 is 1.12 bits per heavy atom. The summed E-state index contributed by atoms with van der Waals surface area (Å²) in [6.45, 7) is 2.34. The van der Waals surface area contributed by atoms with Gasteiger partial charge in [0.1, 0.15) is 0 Å². The Bertz CT molecular complexity index is 719. The van der Waals surface area contributed by atoms with Gasteiger partial charge in [0.05, 0.1) is 24.1 Å². The molecular formula is C21H25N3O2. The van der Waals surface area contributed by atoms with Crippen molar-refractivity contribution in [3.63, 3.8) is 0 Å². The third-order valence-electron chi connectivity index (χ3n) is 5.37.